The molecule has 2 fully saturated rings. The van der Waals surface area contributed by atoms with E-state index < -0.39 is 5.60 Å². The molecule has 0 aromatic rings. The lowest BCUT2D eigenvalue weighted by Crippen LogP contribution is -2.42. The molecule has 0 saturated heterocycles. The van der Waals surface area contributed by atoms with Gasteiger partial charge in [0.05, 0.1) is 11.7 Å². The molecule has 0 aromatic heterocycles. The Bertz CT molecular complexity index is 437. The molecular formula is C18H28O2. The van der Waals surface area contributed by atoms with Gasteiger partial charge in [-0.1, -0.05) is 38.8 Å². The molecule has 2 saturated carbocycles. The van der Waals surface area contributed by atoms with Gasteiger partial charge in [-0.2, -0.15) is 0 Å². The van der Waals surface area contributed by atoms with Gasteiger partial charge in [-0.3, -0.25) is 0 Å². The molecule has 20 heavy (non-hydrogen) atoms. The summed E-state index contributed by atoms with van der Waals surface area (Å²) >= 11 is 0. The van der Waals surface area contributed by atoms with Crippen LogP contribution < -0.4 is 0 Å². The van der Waals surface area contributed by atoms with Crippen LogP contribution in [0.3, 0.4) is 0 Å². The van der Waals surface area contributed by atoms with E-state index in [0.29, 0.717) is 11.3 Å². The molecule has 0 unspecified atom stereocenters. The summed E-state index contributed by atoms with van der Waals surface area (Å²) in [6.45, 7) is 8.60. The average Bonchev–Trinajstić information content (AvgIpc) is 2.99. The topological polar surface area (TPSA) is 29.5 Å². The van der Waals surface area contributed by atoms with E-state index in [1.165, 1.54) is 12.0 Å². The highest BCUT2D eigenvalue weighted by Crippen LogP contribution is 2.65. The van der Waals surface area contributed by atoms with E-state index in [-0.39, 0.29) is 12.0 Å². The third-order valence-corrected chi connectivity index (χ3v) is 6.31. The van der Waals surface area contributed by atoms with Crippen LogP contribution in [0.5, 0.6) is 0 Å². The Morgan fingerprint density at radius 1 is 1.40 bits per heavy atom. The van der Waals surface area contributed by atoms with E-state index in [2.05, 4.69) is 26.5 Å². The van der Waals surface area contributed by atoms with Crippen LogP contribution in [0.15, 0.2) is 24.3 Å². The molecule has 0 bridgehead atoms. The highest BCUT2D eigenvalue weighted by molar-refractivity contribution is 5.31. The Labute approximate surface area is 122 Å². The van der Waals surface area contributed by atoms with Crippen molar-refractivity contribution in [3.63, 3.8) is 0 Å². The van der Waals surface area contributed by atoms with Crippen molar-refractivity contribution in [3.05, 3.63) is 24.3 Å². The fourth-order valence-corrected chi connectivity index (χ4v) is 4.70. The molecular weight excluding hydrogens is 248 g/mol. The Morgan fingerprint density at radius 2 is 2.15 bits per heavy atom. The van der Waals surface area contributed by atoms with Crippen molar-refractivity contribution >= 4 is 0 Å². The monoisotopic (exact) mass is 276 g/mol. The molecule has 3 rings (SSSR count). The fraction of sp³-hybridized carbons (Fsp3) is 0.778. The second-order valence-corrected chi connectivity index (χ2v) is 7.57. The maximum absolute atomic E-state index is 10.9. The number of ether oxygens (including phenoxy) is 1. The summed E-state index contributed by atoms with van der Waals surface area (Å²) in [6.07, 6.45) is 9.71. The van der Waals surface area contributed by atoms with Crippen LogP contribution in [0.1, 0.15) is 46.0 Å². The minimum Gasteiger partial charge on any atom is -0.385 e. The van der Waals surface area contributed by atoms with E-state index in [4.69, 9.17) is 4.74 Å². The first kappa shape index (κ1) is 14.3. The molecule has 3 aliphatic carbocycles. The van der Waals surface area contributed by atoms with E-state index >= 15 is 0 Å². The predicted molar refractivity (Wildman–Crippen MR) is 81.4 cm³/mol. The van der Waals surface area contributed by atoms with Gasteiger partial charge in [0, 0.05) is 13.0 Å². The lowest BCUT2D eigenvalue weighted by Gasteiger charge is -2.42. The van der Waals surface area contributed by atoms with Crippen LogP contribution in [0.2, 0.25) is 0 Å². The summed E-state index contributed by atoms with van der Waals surface area (Å²) in [4.78, 5) is 0. The molecule has 2 nitrogen and oxygen atoms in total. The fourth-order valence-electron chi connectivity index (χ4n) is 4.70. The molecule has 0 heterocycles. The van der Waals surface area contributed by atoms with Gasteiger partial charge in [0.15, 0.2) is 0 Å². The number of fused-ring (bicyclic) bond motifs is 1. The zero-order valence-electron chi connectivity index (χ0n) is 13.1. The molecule has 0 aromatic carbocycles. The number of hydrogen-bond acceptors (Lipinski definition) is 2. The van der Waals surface area contributed by atoms with Crippen molar-refractivity contribution in [3.8, 4) is 0 Å². The van der Waals surface area contributed by atoms with Crippen molar-refractivity contribution in [2.45, 2.75) is 57.7 Å². The van der Waals surface area contributed by atoms with Crippen LogP contribution in [0, 0.1) is 23.2 Å². The average molecular weight is 276 g/mol. The molecule has 2 heteroatoms. The minimum atomic E-state index is -0.729. The first-order chi connectivity index (χ1) is 9.44. The van der Waals surface area contributed by atoms with E-state index in [9.17, 15) is 5.11 Å². The number of aliphatic hydroxyl groups is 1. The van der Waals surface area contributed by atoms with Gasteiger partial charge in [-0.25, -0.2) is 0 Å². The molecule has 5 atom stereocenters. The standard InChI is InChI=1S/C18H28O2/c1-5-18(19)9-7-6-8-13(18)12-10-14-15(17(14,2)3)11-16(12)20-4/h5,10,13-16,19H,1,6-9,11H2,2-4H3/t13-,14+,15-,16-,18+/m1/s1. The summed E-state index contributed by atoms with van der Waals surface area (Å²) in [7, 11) is 1.81. The third-order valence-electron chi connectivity index (χ3n) is 6.31. The van der Waals surface area contributed by atoms with Crippen LogP contribution >= 0.6 is 0 Å². The summed E-state index contributed by atoms with van der Waals surface area (Å²) in [5.74, 6) is 1.65. The maximum Gasteiger partial charge on any atom is 0.0891 e. The Morgan fingerprint density at radius 3 is 2.80 bits per heavy atom. The molecule has 112 valence electrons. The van der Waals surface area contributed by atoms with Crippen molar-refractivity contribution in [1.29, 1.82) is 0 Å². The lowest BCUT2D eigenvalue weighted by molar-refractivity contribution is -0.00532. The summed E-state index contributed by atoms with van der Waals surface area (Å²) in [6, 6.07) is 0. The summed E-state index contributed by atoms with van der Waals surface area (Å²) < 4.78 is 5.77. The molecule has 0 radical (unpaired) electrons. The van der Waals surface area contributed by atoms with Crippen molar-refractivity contribution in [2.75, 3.05) is 7.11 Å². The third kappa shape index (κ3) is 2.00. The zero-order chi connectivity index (χ0) is 14.5. The van der Waals surface area contributed by atoms with Crippen LogP contribution in [-0.4, -0.2) is 23.9 Å². The van der Waals surface area contributed by atoms with Gasteiger partial charge in [-0.15, -0.1) is 6.58 Å². The number of allylic oxidation sites excluding steroid dienone is 1. The Kier molecular flexibility index (Phi) is 3.38. The van der Waals surface area contributed by atoms with Gasteiger partial charge in [0.2, 0.25) is 0 Å². The highest BCUT2D eigenvalue weighted by atomic mass is 16.5. The SMILES string of the molecule is C=C[C@]1(O)CCCC[C@@H]1C1=C[C@H]2[C@@H](C[C@H]1OC)C2(C)C. The van der Waals surface area contributed by atoms with Gasteiger partial charge in [-0.05, 0) is 42.1 Å². The molecule has 0 aliphatic heterocycles. The number of rotatable bonds is 3. The number of hydrogen-bond donors (Lipinski definition) is 1. The lowest BCUT2D eigenvalue weighted by atomic mass is 9.69. The zero-order valence-corrected chi connectivity index (χ0v) is 13.1. The van der Waals surface area contributed by atoms with Crippen molar-refractivity contribution < 1.29 is 9.84 Å². The van der Waals surface area contributed by atoms with Gasteiger partial charge >= 0.3 is 0 Å². The van der Waals surface area contributed by atoms with Crippen molar-refractivity contribution in [2.24, 2.45) is 23.2 Å². The second-order valence-electron chi connectivity index (χ2n) is 7.57. The Balaban J connectivity index is 1.92. The minimum absolute atomic E-state index is 0.188. The van der Waals surface area contributed by atoms with E-state index in [1.54, 1.807) is 6.08 Å². The largest absolute Gasteiger partial charge is 0.385 e. The molecule has 0 spiro atoms. The van der Waals surface area contributed by atoms with Crippen LogP contribution in [-0.2, 0) is 4.74 Å². The summed E-state index contributed by atoms with van der Waals surface area (Å²) in [5, 5.41) is 10.9. The van der Waals surface area contributed by atoms with E-state index in [0.717, 1.165) is 31.6 Å². The molecule has 3 aliphatic rings. The van der Waals surface area contributed by atoms with Gasteiger partial charge in [0.25, 0.3) is 0 Å². The molecule has 1 N–H and O–H groups in total. The van der Waals surface area contributed by atoms with Crippen molar-refractivity contribution in [1.82, 2.24) is 0 Å². The summed E-state index contributed by atoms with van der Waals surface area (Å²) in [5.41, 5.74) is 1.04. The van der Waals surface area contributed by atoms with Crippen LogP contribution in [0.4, 0.5) is 0 Å². The first-order valence-electron chi connectivity index (χ1n) is 8.04. The highest BCUT2D eigenvalue weighted by Gasteiger charge is 2.60. The number of methoxy groups -OCH3 is 1. The maximum atomic E-state index is 10.9. The smallest absolute Gasteiger partial charge is 0.0891 e. The normalized spacial score (nSPS) is 46.3. The quantitative estimate of drug-likeness (QED) is 0.796. The first-order valence-corrected chi connectivity index (χ1v) is 8.04. The second kappa shape index (κ2) is 4.71. The van der Waals surface area contributed by atoms with Crippen LogP contribution in [0.25, 0.3) is 0 Å². The van der Waals surface area contributed by atoms with E-state index in [1.807, 2.05) is 7.11 Å². The van der Waals surface area contributed by atoms with Gasteiger partial charge < -0.3 is 9.84 Å². The molecule has 0 amide bonds. The van der Waals surface area contributed by atoms with Gasteiger partial charge in [0.1, 0.15) is 0 Å². The predicted octanol–water partition coefficient (Wildman–Crippen LogP) is 3.71. The Hall–Kier alpha value is -0.600.